The number of allylic oxidation sites excluding steroid dienone is 1. The van der Waals surface area contributed by atoms with Gasteiger partial charge >= 0.3 is 0 Å². The fourth-order valence-corrected chi connectivity index (χ4v) is 6.89. The lowest BCUT2D eigenvalue weighted by atomic mass is 9.97. The third-order valence-corrected chi connectivity index (χ3v) is 9.13. The highest BCUT2D eigenvalue weighted by atomic mass is 35.5. The number of benzene rings is 1. The summed E-state index contributed by atoms with van der Waals surface area (Å²) in [5.41, 5.74) is 1.91. The molecule has 0 unspecified atom stereocenters. The average Bonchev–Trinajstić information content (AvgIpc) is 3.00. The number of nitrogens with zero attached hydrogens (tertiary/aromatic N) is 7. The van der Waals surface area contributed by atoms with Crippen LogP contribution in [-0.2, 0) is 4.79 Å². The summed E-state index contributed by atoms with van der Waals surface area (Å²) < 4.78 is 16.7. The van der Waals surface area contributed by atoms with Gasteiger partial charge in [-0.2, -0.15) is 0 Å². The summed E-state index contributed by atoms with van der Waals surface area (Å²) in [4.78, 5) is 48.6. The Morgan fingerprint density at radius 1 is 1.04 bits per heavy atom. The molecule has 0 radical (unpaired) electrons. The number of likely N-dealkylation sites (N-methyl/N-ethyl adjacent to an activating group) is 1. The normalized spacial score (nSPS) is 18.3. The number of halogens is 2. The molecule has 1 saturated heterocycles. The van der Waals surface area contributed by atoms with Crippen LogP contribution in [0.25, 0.3) is 28.0 Å². The largest absolute Gasteiger partial charge is 0.507 e. The first-order chi connectivity index (χ1) is 21.9. The van der Waals surface area contributed by atoms with E-state index in [1.165, 1.54) is 34.0 Å². The van der Waals surface area contributed by atoms with Gasteiger partial charge in [-0.15, -0.1) is 0 Å². The number of piperazine rings is 1. The minimum absolute atomic E-state index is 0.0185. The van der Waals surface area contributed by atoms with Crippen molar-refractivity contribution in [1.82, 2.24) is 24.4 Å². The van der Waals surface area contributed by atoms with Gasteiger partial charge in [-0.05, 0) is 50.1 Å². The number of hydrogen-bond acceptors (Lipinski definition) is 8. The monoisotopic (exact) mass is 645 g/mol. The second kappa shape index (κ2) is 11.7. The van der Waals surface area contributed by atoms with Crippen molar-refractivity contribution in [3.05, 3.63) is 75.5 Å². The van der Waals surface area contributed by atoms with E-state index in [1.807, 2.05) is 51.8 Å². The Morgan fingerprint density at radius 2 is 1.72 bits per heavy atom. The van der Waals surface area contributed by atoms with Crippen molar-refractivity contribution in [2.24, 2.45) is 0 Å². The van der Waals surface area contributed by atoms with Crippen LogP contribution in [0.15, 0.2) is 47.7 Å². The van der Waals surface area contributed by atoms with Crippen molar-refractivity contribution in [1.29, 1.82) is 0 Å². The molecule has 12 heteroatoms. The summed E-state index contributed by atoms with van der Waals surface area (Å²) in [6, 6.07) is 5.06. The van der Waals surface area contributed by atoms with Crippen molar-refractivity contribution in [3.8, 4) is 22.7 Å². The predicted molar refractivity (Wildman–Crippen MR) is 179 cm³/mol. The number of pyridine rings is 2. The second-order valence-electron chi connectivity index (χ2n) is 12.6. The van der Waals surface area contributed by atoms with E-state index in [9.17, 15) is 14.7 Å². The highest BCUT2D eigenvalue weighted by Gasteiger charge is 2.45. The zero-order chi connectivity index (χ0) is 33.2. The van der Waals surface area contributed by atoms with Gasteiger partial charge in [-0.25, -0.2) is 19.3 Å². The number of fused-ring (bicyclic) bond motifs is 5. The summed E-state index contributed by atoms with van der Waals surface area (Å²) in [6.45, 7) is 12.8. The number of anilines is 2. The van der Waals surface area contributed by atoms with Crippen molar-refractivity contribution >= 4 is 39.9 Å². The molecule has 2 aliphatic heterocycles. The van der Waals surface area contributed by atoms with E-state index >= 15 is 4.39 Å². The van der Waals surface area contributed by atoms with Gasteiger partial charge in [-0.3, -0.25) is 14.2 Å². The smallest absolute Gasteiger partial charge is 0.283 e. The lowest BCUT2D eigenvalue weighted by Crippen LogP contribution is -2.64. The van der Waals surface area contributed by atoms with Crippen molar-refractivity contribution in [3.63, 3.8) is 0 Å². The Balaban J connectivity index is 1.79. The number of carbonyl (C=O) groups is 1. The summed E-state index contributed by atoms with van der Waals surface area (Å²) in [5.74, 6) is -1.48. The van der Waals surface area contributed by atoms with Gasteiger partial charge in [0, 0.05) is 31.6 Å². The topological polar surface area (TPSA) is 108 Å². The molecular formula is C34H37ClFN7O3. The Labute approximate surface area is 271 Å². The van der Waals surface area contributed by atoms with Gasteiger partial charge in [-0.1, -0.05) is 51.4 Å². The van der Waals surface area contributed by atoms with Crippen LogP contribution in [-0.4, -0.2) is 67.7 Å². The lowest BCUT2D eigenvalue weighted by molar-refractivity contribution is -0.120. The summed E-state index contributed by atoms with van der Waals surface area (Å²) in [6.07, 6.45) is 5.40. The molecule has 46 heavy (non-hydrogen) atoms. The SMILES string of the molecule is CC=CN1C[C@@H]2C(=O)N(C)c3c(c4cc(Cl)c(-c5c(O)cccc5F)nc4n(-c4c(C(C)C)ncnc4C(C)C)c3=O)N2C[C@H]1C. The van der Waals surface area contributed by atoms with E-state index in [0.29, 0.717) is 41.2 Å². The molecule has 0 saturated carbocycles. The van der Waals surface area contributed by atoms with Gasteiger partial charge in [0.15, 0.2) is 5.65 Å². The van der Waals surface area contributed by atoms with Crippen LogP contribution in [0.4, 0.5) is 15.8 Å². The van der Waals surface area contributed by atoms with E-state index in [2.05, 4.69) is 21.8 Å². The highest BCUT2D eigenvalue weighted by molar-refractivity contribution is 6.34. The minimum atomic E-state index is -0.714. The first-order valence-electron chi connectivity index (χ1n) is 15.4. The standard InChI is InChI=1S/C34H37ClFN7O3/c1-8-12-41-15-23-33(45)40(7)31-29(42(23)14-19(41)6)20-13-21(35)28(25-22(36)10-9-11-24(25)44)39-32(20)43(34(31)46)30-26(17(2)3)37-16-38-27(30)18(4)5/h8-13,16-19,23,44H,14-15H2,1-7H3/t19-,23-/m1/s1. The Kier molecular flexibility index (Phi) is 8.00. The van der Waals surface area contributed by atoms with Crippen LogP contribution >= 0.6 is 11.6 Å². The van der Waals surface area contributed by atoms with Gasteiger partial charge in [0.05, 0.1) is 39.0 Å². The Bertz CT molecular complexity index is 1930. The van der Waals surface area contributed by atoms with E-state index < -0.39 is 17.4 Å². The molecule has 10 nitrogen and oxygen atoms in total. The number of aromatic nitrogens is 4. The predicted octanol–water partition coefficient (Wildman–Crippen LogP) is 5.98. The fraction of sp³-hybridized carbons (Fsp3) is 0.382. The van der Waals surface area contributed by atoms with Gasteiger partial charge in [0.2, 0.25) is 0 Å². The number of hydrogen-bond donors (Lipinski definition) is 1. The molecule has 1 fully saturated rings. The number of rotatable bonds is 5. The molecule has 1 aromatic carbocycles. The highest BCUT2D eigenvalue weighted by Crippen LogP contribution is 2.45. The van der Waals surface area contributed by atoms with Crippen LogP contribution < -0.4 is 15.4 Å². The van der Waals surface area contributed by atoms with E-state index in [1.54, 1.807) is 13.1 Å². The van der Waals surface area contributed by atoms with E-state index in [-0.39, 0.29) is 57.1 Å². The van der Waals surface area contributed by atoms with Gasteiger partial charge < -0.3 is 19.8 Å². The van der Waals surface area contributed by atoms with Gasteiger partial charge in [0.25, 0.3) is 11.5 Å². The zero-order valence-electron chi connectivity index (χ0n) is 26.9. The van der Waals surface area contributed by atoms with Crippen LogP contribution in [0.5, 0.6) is 5.75 Å². The molecule has 1 amide bonds. The first-order valence-corrected chi connectivity index (χ1v) is 15.8. The van der Waals surface area contributed by atoms with Crippen LogP contribution in [0.1, 0.15) is 64.8 Å². The molecule has 6 rings (SSSR count). The molecule has 5 heterocycles. The van der Waals surface area contributed by atoms with Crippen molar-refractivity contribution < 1.29 is 14.3 Å². The number of carbonyl (C=O) groups excluding carboxylic acids is 1. The summed E-state index contributed by atoms with van der Waals surface area (Å²) in [5, 5.41) is 11.3. The number of phenolic OH excluding ortho intramolecular Hbond substituents is 1. The fourth-order valence-electron chi connectivity index (χ4n) is 6.65. The minimum Gasteiger partial charge on any atom is -0.507 e. The van der Waals surface area contributed by atoms with E-state index in [0.717, 1.165) is 0 Å². The number of phenols is 1. The van der Waals surface area contributed by atoms with E-state index in [4.69, 9.17) is 16.6 Å². The van der Waals surface area contributed by atoms with Crippen LogP contribution in [0.2, 0.25) is 5.02 Å². The zero-order valence-corrected chi connectivity index (χ0v) is 27.7. The van der Waals surface area contributed by atoms with Crippen LogP contribution in [0.3, 0.4) is 0 Å². The molecule has 240 valence electrons. The maximum Gasteiger partial charge on any atom is 0.283 e. The maximum absolute atomic E-state index is 15.3. The molecule has 2 aliphatic rings. The molecule has 3 aromatic heterocycles. The second-order valence-corrected chi connectivity index (χ2v) is 13.0. The first kappa shape index (κ1) is 31.5. The van der Waals surface area contributed by atoms with Crippen molar-refractivity contribution in [2.45, 2.75) is 65.5 Å². The molecule has 2 atom stereocenters. The Hall–Kier alpha value is -4.51. The third-order valence-electron chi connectivity index (χ3n) is 8.84. The molecule has 1 N–H and O–H groups in total. The molecule has 0 spiro atoms. The number of aromatic hydroxyl groups is 1. The van der Waals surface area contributed by atoms with Gasteiger partial charge in [0.1, 0.15) is 29.6 Å². The molecule has 4 aromatic rings. The molecule has 0 bridgehead atoms. The van der Waals surface area contributed by atoms with Crippen molar-refractivity contribution in [2.75, 3.05) is 29.9 Å². The summed E-state index contributed by atoms with van der Waals surface area (Å²) >= 11 is 6.89. The molecular weight excluding hydrogens is 609 g/mol. The quantitative estimate of drug-likeness (QED) is 0.283. The molecule has 0 aliphatic carbocycles. The maximum atomic E-state index is 15.3. The lowest BCUT2D eigenvalue weighted by Gasteiger charge is -2.50. The average molecular weight is 646 g/mol. The van der Waals surface area contributed by atoms with Crippen LogP contribution in [0, 0.1) is 5.82 Å². The number of amides is 1. The Morgan fingerprint density at radius 3 is 2.33 bits per heavy atom. The third kappa shape index (κ3) is 4.79. The summed E-state index contributed by atoms with van der Waals surface area (Å²) in [7, 11) is 1.61.